The first-order valence-corrected chi connectivity index (χ1v) is 7.92. The van der Waals surface area contributed by atoms with Crippen molar-refractivity contribution in [2.75, 3.05) is 25.9 Å². The van der Waals surface area contributed by atoms with Crippen molar-refractivity contribution in [2.24, 2.45) is 4.99 Å². The predicted molar refractivity (Wildman–Crippen MR) is 74.7 cm³/mol. The van der Waals surface area contributed by atoms with Gasteiger partial charge in [-0.05, 0) is 39.3 Å². The van der Waals surface area contributed by atoms with E-state index in [-0.39, 0.29) is 0 Å². The van der Waals surface area contributed by atoms with Crippen molar-refractivity contribution in [2.45, 2.75) is 50.1 Å². The lowest BCUT2D eigenvalue weighted by atomic mass is 10.0. The highest BCUT2D eigenvalue weighted by Gasteiger charge is 2.39. The summed E-state index contributed by atoms with van der Waals surface area (Å²) < 4.78 is 0. The first-order valence-electron chi connectivity index (χ1n) is 6.93. The largest absolute Gasteiger partial charge is 0.359 e. The van der Waals surface area contributed by atoms with Crippen molar-refractivity contribution in [3.63, 3.8) is 0 Å². The van der Waals surface area contributed by atoms with E-state index in [0.29, 0.717) is 11.6 Å². The summed E-state index contributed by atoms with van der Waals surface area (Å²) in [4.78, 5) is 7.34. The van der Waals surface area contributed by atoms with Gasteiger partial charge in [0.25, 0.3) is 0 Å². The normalized spacial score (nSPS) is 35.6. The second kappa shape index (κ2) is 4.81. The van der Waals surface area contributed by atoms with E-state index in [4.69, 9.17) is 4.99 Å². The van der Waals surface area contributed by atoms with Gasteiger partial charge in [0, 0.05) is 17.8 Å². The maximum atomic E-state index is 4.93. The molecule has 1 spiro atoms. The number of hydrogen-bond acceptors (Lipinski definition) is 3. The number of likely N-dealkylation sites (tertiary alicyclic amines) is 1. The topological polar surface area (TPSA) is 27.6 Å². The van der Waals surface area contributed by atoms with Crippen LogP contribution in [0, 0.1) is 0 Å². The molecule has 3 aliphatic rings. The second-order valence-corrected chi connectivity index (χ2v) is 6.86. The van der Waals surface area contributed by atoms with Crippen molar-refractivity contribution in [1.29, 1.82) is 0 Å². The fourth-order valence-corrected chi connectivity index (χ4v) is 4.59. The third-order valence-electron chi connectivity index (χ3n) is 4.32. The highest BCUT2D eigenvalue weighted by molar-refractivity contribution is 8.14. The van der Waals surface area contributed by atoms with E-state index in [2.05, 4.69) is 17.3 Å². The van der Waals surface area contributed by atoms with Crippen LogP contribution in [0.15, 0.2) is 4.99 Å². The van der Waals surface area contributed by atoms with Gasteiger partial charge in [0.2, 0.25) is 0 Å². The molecule has 0 aromatic heterocycles. The summed E-state index contributed by atoms with van der Waals surface area (Å²) in [5.74, 6) is 1.24. The van der Waals surface area contributed by atoms with Crippen LogP contribution in [0.25, 0.3) is 0 Å². The maximum Gasteiger partial charge on any atom is 0.157 e. The van der Waals surface area contributed by atoms with Crippen LogP contribution in [0.5, 0.6) is 0 Å². The molecule has 1 saturated carbocycles. The first kappa shape index (κ1) is 11.8. The Balaban J connectivity index is 1.61. The minimum absolute atomic E-state index is 0.421. The smallest absolute Gasteiger partial charge is 0.157 e. The number of thioether (sulfide) groups is 1. The molecule has 3 fully saturated rings. The number of rotatable bonds is 1. The van der Waals surface area contributed by atoms with Gasteiger partial charge in [0.15, 0.2) is 5.17 Å². The monoisotopic (exact) mass is 253 g/mol. The zero-order chi connectivity index (χ0) is 11.7. The Morgan fingerprint density at radius 2 is 2.18 bits per heavy atom. The van der Waals surface area contributed by atoms with Gasteiger partial charge in [-0.1, -0.05) is 24.6 Å². The summed E-state index contributed by atoms with van der Waals surface area (Å²) in [6.45, 7) is 2.38. The van der Waals surface area contributed by atoms with E-state index in [0.717, 1.165) is 6.54 Å². The van der Waals surface area contributed by atoms with E-state index in [1.807, 2.05) is 11.8 Å². The average Bonchev–Trinajstić information content (AvgIpc) is 2.90. The molecule has 2 heterocycles. The van der Waals surface area contributed by atoms with Gasteiger partial charge in [-0.15, -0.1) is 0 Å². The Labute approximate surface area is 108 Å². The van der Waals surface area contributed by atoms with Gasteiger partial charge in [-0.25, -0.2) is 0 Å². The molecule has 2 saturated heterocycles. The minimum atomic E-state index is 0.421. The molecule has 0 bridgehead atoms. The van der Waals surface area contributed by atoms with Gasteiger partial charge >= 0.3 is 0 Å². The lowest BCUT2D eigenvalue weighted by molar-refractivity contribution is 0.252. The molecule has 96 valence electrons. The second-order valence-electron chi connectivity index (χ2n) is 5.89. The fraction of sp³-hybridized carbons (Fsp3) is 0.923. The Kier molecular flexibility index (Phi) is 3.35. The van der Waals surface area contributed by atoms with Crippen LogP contribution in [-0.4, -0.2) is 47.5 Å². The Morgan fingerprint density at radius 3 is 2.94 bits per heavy atom. The molecular weight excluding hydrogens is 230 g/mol. The van der Waals surface area contributed by atoms with Crippen LogP contribution in [0.1, 0.15) is 38.5 Å². The summed E-state index contributed by atoms with van der Waals surface area (Å²) in [6.07, 6.45) is 8.06. The highest BCUT2D eigenvalue weighted by atomic mass is 32.2. The van der Waals surface area contributed by atoms with Gasteiger partial charge in [0.1, 0.15) is 0 Å². The van der Waals surface area contributed by atoms with Crippen LogP contribution >= 0.6 is 11.8 Å². The summed E-state index contributed by atoms with van der Waals surface area (Å²) in [5, 5.41) is 4.95. The standard InChI is InChI=1S/C13H23N3S/c1-16-8-4-5-11(9-16)14-12-15-13(10-17-12)6-2-3-7-13/h11H,2-10H2,1H3,(H,14,15). The Morgan fingerprint density at radius 1 is 1.35 bits per heavy atom. The van der Waals surface area contributed by atoms with E-state index < -0.39 is 0 Å². The molecule has 1 atom stereocenters. The van der Waals surface area contributed by atoms with Crippen molar-refractivity contribution in [1.82, 2.24) is 10.2 Å². The molecule has 0 aromatic rings. The SMILES string of the molecule is CN1CCCC(N=C2NC3(CCCC3)CS2)C1. The number of amidine groups is 1. The van der Waals surface area contributed by atoms with Crippen LogP contribution in [0.4, 0.5) is 0 Å². The van der Waals surface area contributed by atoms with Crippen molar-refractivity contribution in [3.05, 3.63) is 0 Å². The average molecular weight is 253 g/mol. The molecule has 2 aliphatic heterocycles. The lowest BCUT2D eigenvalue weighted by Crippen LogP contribution is -2.41. The van der Waals surface area contributed by atoms with E-state index >= 15 is 0 Å². The van der Waals surface area contributed by atoms with Gasteiger partial charge in [0.05, 0.1) is 6.04 Å². The molecule has 0 aromatic carbocycles. The molecular formula is C13H23N3S. The van der Waals surface area contributed by atoms with Crippen LogP contribution < -0.4 is 5.32 Å². The molecule has 0 radical (unpaired) electrons. The number of nitrogens with one attached hydrogen (secondary N) is 1. The lowest BCUT2D eigenvalue weighted by Gasteiger charge is -2.27. The summed E-state index contributed by atoms with van der Waals surface area (Å²) in [7, 11) is 2.21. The van der Waals surface area contributed by atoms with Crippen LogP contribution in [0.3, 0.4) is 0 Å². The fourth-order valence-electron chi connectivity index (χ4n) is 3.31. The van der Waals surface area contributed by atoms with Crippen molar-refractivity contribution in [3.8, 4) is 0 Å². The molecule has 4 heteroatoms. The third-order valence-corrected chi connectivity index (χ3v) is 5.50. The van der Waals surface area contributed by atoms with Crippen LogP contribution in [0.2, 0.25) is 0 Å². The molecule has 1 aliphatic carbocycles. The highest BCUT2D eigenvalue weighted by Crippen LogP contribution is 2.37. The third kappa shape index (κ3) is 2.63. The number of hydrogen-bond donors (Lipinski definition) is 1. The first-order chi connectivity index (χ1) is 8.26. The number of nitrogens with zero attached hydrogens (tertiary/aromatic N) is 2. The summed E-state index contributed by atoms with van der Waals surface area (Å²) in [5.41, 5.74) is 0.421. The van der Waals surface area contributed by atoms with E-state index in [1.54, 1.807) is 0 Å². The molecule has 17 heavy (non-hydrogen) atoms. The molecule has 0 amide bonds. The van der Waals surface area contributed by atoms with Gasteiger partial charge < -0.3 is 10.2 Å². The molecule has 3 nitrogen and oxygen atoms in total. The summed E-state index contributed by atoms with van der Waals surface area (Å²) >= 11 is 1.95. The predicted octanol–water partition coefficient (Wildman–Crippen LogP) is 2.09. The number of aliphatic imine (C=N–C) groups is 1. The number of likely N-dealkylation sites (N-methyl/N-ethyl adjacent to an activating group) is 1. The molecule has 1 N–H and O–H groups in total. The Bertz CT molecular complexity index is 310. The maximum absolute atomic E-state index is 4.93. The van der Waals surface area contributed by atoms with E-state index in [9.17, 15) is 0 Å². The molecule has 3 rings (SSSR count). The van der Waals surface area contributed by atoms with Gasteiger partial charge in [-0.2, -0.15) is 0 Å². The minimum Gasteiger partial charge on any atom is -0.359 e. The van der Waals surface area contributed by atoms with E-state index in [1.165, 1.54) is 56.0 Å². The zero-order valence-electron chi connectivity index (χ0n) is 10.7. The summed E-state index contributed by atoms with van der Waals surface area (Å²) in [6, 6.07) is 0.528. The number of piperidine rings is 1. The zero-order valence-corrected chi connectivity index (χ0v) is 11.6. The Hall–Kier alpha value is -0.220. The molecule has 1 unspecified atom stereocenters. The van der Waals surface area contributed by atoms with Crippen LogP contribution in [-0.2, 0) is 0 Å². The van der Waals surface area contributed by atoms with Crippen molar-refractivity contribution < 1.29 is 0 Å². The van der Waals surface area contributed by atoms with Gasteiger partial charge in [-0.3, -0.25) is 4.99 Å². The van der Waals surface area contributed by atoms with Crippen molar-refractivity contribution >= 4 is 16.9 Å². The quantitative estimate of drug-likeness (QED) is 0.775.